The van der Waals surface area contributed by atoms with Gasteiger partial charge >= 0.3 is 0 Å². The lowest BCUT2D eigenvalue weighted by molar-refractivity contribution is -0.115. The molecule has 9 heteroatoms. The van der Waals surface area contributed by atoms with Crippen LogP contribution >= 0.6 is 0 Å². The predicted molar refractivity (Wildman–Crippen MR) is 160 cm³/mol. The van der Waals surface area contributed by atoms with Gasteiger partial charge in [-0.2, -0.15) is 0 Å². The Hall–Kier alpha value is -4.37. The summed E-state index contributed by atoms with van der Waals surface area (Å²) in [4.78, 5) is 45.4. The van der Waals surface area contributed by atoms with E-state index in [9.17, 15) is 14.4 Å². The summed E-state index contributed by atoms with van der Waals surface area (Å²) in [5.41, 5.74) is 3.54. The van der Waals surface area contributed by atoms with E-state index in [-0.39, 0.29) is 24.1 Å². The van der Waals surface area contributed by atoms with Crippen molar-refractivity contribution in [2.75, 3.05) is 69.7 Å². The normalized spacial score (nSPS) is 15.7. The fraction of sp³-hybridized carbons (Fsp3) is 0.344. The van der Waals surface area contributed by atoms with Crippen LogP contribution in [0.5, 0.6) is 5.75 Å². The van der Waals surface area contributed by atoms with Crippen LogP contribution in [0.2, 0.25) is 0 Å². The zero-order valence-electron chi connectivity index (χ0n) is 23.5. The van der Waals surface area contributed by atoms with E-state index < -0.39 is 0 Å². The molecule has 3 aromatic rings. The van der Waals surface area contributed by atoms with Crippen molar-refractivity contribution in [1.29, 1.82) is 0 Å². The summed E-state index contributed by atoms with van der Waals surface area (Å²) in [6.07, 6.45) is 1.10. The predicted octanol–water partition coefficient (Wildman–Crippen LogP) is 3.27. The first-order chi connectivity index (χ1) is 20.0. The molecule has 214 valence electrons. The minimum Gasteiger partial charge on any atom is -0.497 e. The lowest BCUT2D eigenvalue weighted by Crippen LogP contribution is -2.49. The summed E-state index contributed by atoms with van der Waals surface area (Å²) in [5, 5.41) is 6.41. The Kier molecular flexibility index (Phi) is 9.15. The van der Waals surface area contributed by atoms with Gasteiger partial charge in [0, 0.05) is 56.9 Å². The molecule has 2 fully saturated rings. The zero-order valence-corrected chi connectivity index (χ0v) is 23.5. The van der Waals surface area contributed by atoms with E-state index in [4.69, 9.17) is 4.74 Å². The van der Waals surface area contributed by atoms with E-state index in [2.05, 4.69) is 15.5 Å². The van der Waals surface area contributed by atoms with Gasteiger partial charge in [-0.3, -0.25) is 14.4 Å². The van der Waals surface area contributed by atoms with Crippen molar-refractivity contribution < 1.29 is 19.1 Å². The molecule has 2 saturated heterocycles. The molecule has 0 saturated carbocycles. The quantitative estimate of drug-likeness (QED) is 0.465. The minimum absolute atomic E-state index is 0.0196. The van der Waals surface area contributed by atoms with Crippen molar-refractivity contribution in [3.05, 3.63) is 89.5 Å². The van der Waals surface area contributed by atoms with E-state index in [0.717, 1.165) is 36.5 Å². The van der Waals surface area contributed by atoms with Crippen LogP contribution in [0, 0.1) is 0 Å². The summed E-state index contributed by atoms with van der Waals surface area (Å²) in [7, 11) is 1.61. The van der Waals surface area contributed by atoms with Crippen molar-refractivity contribution in [2.24, 2.45) is 0 Å². The minimum atomic E-state index is -0.169. The SMILES string of the molecule is COc1ccc(CC(=O)Nc2cc(C(=O)N3CCCNCC3)ccc2N2CCN(C(=O)c3ccccc3)CC2)cc1. The highest BCUT2D eigenvalue weighted by molar-refractivity contribution is 6.00. The lowest BCUT2D eigenvalue weighted by atomic mass is 10.1. The first-order valence-electron chi connectivity index (χ1n) is 14.2. The molecule has 5 rings (SSSR count). The van der Waals surface area contributed by atoms with Crippen LogP contribution in [0.25, 0.3) is 0 Å². The Morgan fingerprint density at radius 3 is 2.22 bits per heavy atom. The third-order valence-electron chi connectivity index (χ3n) is 7.60. The van der Waals surface area contributed by atoms with Crippen LogP contribution in [0.15, 0.2) is 72.8 Å². The van der Waals surface area contributed by atoms with E-state index in [0.29, 0.717) is 56.1 Å². The highest BCUT2D eigenvalue weighted by Gasteiger charge is 2.25. The van der Waals surface area contributed by atoms with Crippen molar-refractivity contribution in [3.63, 3.8) is 0 Å². The molecule has 0 atom stereocenters. The maximum absolute atomic E-state index is 13.4. The Labute approximate surface area is 241 Å². The molecule has 0 unspecified atom stereocenters. The third kappa shape index (κ3) is 7.05. The Balaban J connectivity index is 1.34. The Morgan fingerprint density at radius 2 is 1.49 bits per heavy atom. The van der Waals surface area contributed by atoms with Gasteiger partial charge in [-0.1, -0.05) is 30.3 Å². The van der Waals surface area contributed by atoms with Crippen molar-refractivity contribution in [2.45, 2.75) is 12.8 Å². The van der Waals surface area contributed by atoms with Gasteiger partial charge in [0.15, 0.2) is 0 Å². The smallest absolute Gasteiger partial charge is 0.253 e. The molecule has 2 aliphatic rings. The molecule has 0 spiro atoms. The zero-order chi connectivity index (χ0) is 28.6. The maximum Gasteiger partial charge on any atom is 0.253 e. The van der Waals surface area contributed by atoms with Crippen LogP contribution in [-0.2, 0) is 11.2 Å². The van der Waals surface area contributed by atoms with Crippen molar-refractivity contribution in [3.8, 4) is 5.75 Å². The number of carbonyl (C=O) groups excluding carboxylic acids is 3. The summed E-state index contributed by atoms with van der Waals surface area (Å²) in [6, 6.07) is 22.3. The van der Waals surface area contributed by atoms with Gasteiger partial charge in [-0.25, -0.2) is 0 Å². The molecule has 0 aromatic heterocycles. The second-order valence-corrected chi connectivity index (χ2v) is 10.3. The molecule has 2 aliphatic heterocycles. The van der Waals surface area contributed by atoms with Gasteiger partial charge in [-0.15, -0.1) is 0 Å². The molecule has 0 aliphatic carbocycles. The first kappa shape index (κ1) is 28.2. The summed E-state index contributed by atoms with van der Waals surface area (Å²) in [5.74, 6) is 0.546. The largest absolute Gasteiger partial charge is 0.497 e. The molecule has 3 amide bonds. The lowest BCUT2D eigenvalue weighted by Gasteiger charge is -2.37. The molecule has 2 heterocycles. The van der Waals surface area contributed by atoms with Crippen LogP contribution in [0.3, 0.4) is 0 Å². The summed E-state index contributed by atoms with van der Waals surface area (Å²) < 4.78 is 5.22. The monoisotopic (exact) mass is 555 g/mol. The van der Waals surface area contributed by atoms with E-state index in [1.54, 1.807) is 13.2 Å². The van der Waals surface area contributed by atoms with E-state index in [1.165, 1.54) is 0 Å². The number of ether oxygens (including phenoxy) is 1. The third-order valence-corrected chi connectivity index (χ3v) is 7.60. The molecule has 9 nitrogen and oxygen atoms in total. The molecule has 41 heavy (non-hydrogen) atoms. The Morgan fingerprint density at radius 1 is 0.780 bits per heavy atom. The van der Waals surface area contributed by atoms with Crippen LogP contribution < -0.4 is 20.3 Å². The average molecular weight is 556 g/mol. The summed E-state index contributed by atoms with van der Waals surface area (Å²) in [6.45, 7) is 5.37. The van der Waals surface area contributed by atoms with Gasteiger partial charge in [-0.05, 0) is 61.0 Å². The van der Waals surface area contributed by atoms with Gasteiger partial charge in [0.1, 0.15) is 5.75 Å². The van der Waals surface area contributed by atoms with E-state index in [1.807, 2.05) is 76.5 Å². The number of methoxy groups -OCH3 is 1. The Bertz CT molecular complexity index is 1350. The number of rotatable bonds is 7. The maximum atomic E-state index is 13.4. The van der Waals surface area contributed by atoms with Gasteiger partial charge < -0.3 is 30.1 Å². The molecular formula is C32H37N5O4. The van der Waals surface area contributed by atoms with Crippen molar-refractivity contribution in [1.82, 2.24) is 15.1 Å². The van der Waals surface area contributed by atoms with Crippen LogP contribution in [0.4, 0.5) is 11.4 Å². The number of carbonyl (C=O) groups is 3. The van der Waals surface area contributed by atoms with E-state index >= 15 is 0 Å². The highest BCUT2D eigenvalue weighted by Crippen LogP contribution is 2.30. The second kappa shape index (κ2) is 13.3. The number of benzene rings is 3. The number of hydrogen-bond donors (Lipinski definition) is 2. The number of hydrogen-bond acceptors (Lipinski definition) is 6. The fourth-order valence-electron chi connectivity index (χ4n) is 5.31. The number of nitrogens with one attached hydrogen (secondary N) is 2. The summed E-state index contributed by atoms with van der Waals surface area (Å²) >= 11 is 0. The van der Waals surface area contributed by atoms with Crippen LogP contribution in [0.1, 0.15) is 32.7 Å². The fourth-order valence-corrected chi connectivity index (χ4v) is 5.31. The van der Waals surface area contributed by atoms with Gasteiger partial charge in [0.2, 0.25) is 5.91 Å². The second-order valence-electron chi connectivity index (χ2n) is 10.3. The topological polar surface area (TPSA) is 94.2 Å². The number of amides is 3. The number of anilines is 2. The molecule has 2 N–H and O–H groups in total. The number of nitrogens with zero attached hydrogens (tertiary/aromatic N) is 3. The molecule has 0 radical (unpaired) electrons. The molecule has 0 bridgehead atoms. The van der Waals surface area contributed by atoms with Crippen molar-refractivity contribution >= 4 is 29.1 Å². The molecular weight excluding hydrogens is 518 g/mol. The standard InChI is InChI=1S/C32H37N5O4/c1-41-27-11-8-24(9-12-27)22-30(38)34-28-23-26(32(40)36-16-5-14-33-15-17-36)10-13-29(28)35-18-20-37(21-19-35)31(39)25-6-3-2-4-7-25/h2-4,6-13,23,33H,5,14-22H2,1H3,(H,34,38). The van der Waals surface area contributed by atoms with Crippen LogP contribution in [-0.4, -0.2) is 87.0 Å². The van der Waals surface area contributed by atoms with Gasteiger partial charge in [0.05, 0.1) is 24.9 Å². The highest BCUT2D eigenvalue weighted by atomic mass is 16.5. The number of piperazine rings is 1. The van der Waals surface area contributed by atoms with Gasteiger partial charge in [0.25, 0.3) is 11.8 Å². The first-order valence-corrected chi connectivity index (χ1v) is 14.2. The molecule has 3 aromatic carbocycles. The average Bonchev–Trinajstić information content (AvgIpc) is 3.31.